The molecule has 8 heteroatoms. The lowest BCUT2D eigenvalue weighted by atomic mass is 10.2. The van der Waals surface area contributed by atoms with Gasteiger partial charge in [-0.25, -0.2) is 9.97 Å². The standard InChI is InChI=1S/C14H13ClN4O3/c1-20-10-4-8(5-11(21-2)12(10)22-3)19-14-9(6-16)13(15)17-7-18-14/h4-5,7H,1-3H3,(H,17,18,19). The summed E-state index contributed by atoms with van der Waals surface area (Å²) in [5, 5.41) is 12.2. The molecule has 0 radical (unpaired) electrons. The molecule has 1 aromatic carbocycles. The molecule has 2 aromatic rings. The van der Waals surface area contributed by atoms with Gasteiger partial charge in [0.25, 0.3) is 0 Å². The highest BCUT2D eigenvalue weighted by Crippen LogP contribution is 2.40. The lowest BCUT2D eigenvalue weighted by molar-refractivity contribution is 0.324. The molecule has 1 heterocycles. The number of nitrogens with one attached hydrogen (secondary N) is 1. The van der Waals surface area contributed by atoms with Crippen LogP contribution in [0.2, 0.25) is 5.15 Å². The largest absolute Gasteiger partial charge is 0.493 e. The first-order valence-electron chi connectivity index (χ1n) is 6.12. The second-order valence-corrected chi connectivity index (χ2v) is 4.40. The zero-order valence-electron chi connectivity index (χ0n) is 12.2. The maximum absolute atomic E-state index is 9.14. The van der Waals surface area contributed by atoms with Gasteiger partial charge in [-0.1, -0.05) is 11.6 Å². The van der Waals surface area contributed by atoms with Gasteiger partial charge in [-0.15, -0.1) is 0 Å². The van der Waals surface area contributed by atoms with E-state index in [2.05, 4.69) is 15.3 Å². The van der Waals surface area contributed by atoms with Crippen LogP contribution in [0.25, 0.3) is 0 Å². The van der Waals surface area contributed by atoms with Gasteiger partial charge in [-0.3, -0.25) is 0 Å². The molecule has 0 saturated carbocycles. The summed E-state index contributed by atoms with van der Waals surface area (Å²) >= 11 is 5.88. The van der Waals surface area contributed by atoms with Crippen molar-refractivity contribution in [3.63, 3.8) is 0 Å². The van der Waals surface area contributed by atoms with E-state index >= 15 is 0 Å². The zero-order chi connectivity index (χ0) is 16.1. The summed E-state index contributed by atoms with van der Waals surface area (Å²) in [6, 6.07) is 5.34. The van der Waals surface area contributed by atoms with E-state index in [1.165, 1.54) is 27.7 Å². The molecule has 2 rings (SSSR count). The molecule has 7 nitrogen and oxygen atoms in total. The van der Waals surface area contributed by atoms with Crippen molar-refractivity contribution < 1.29 is 14.2 Å². The Labute approximate surface area is 132 Å². The molecule has 0 spiro atoms. The molecular formula is C14H13ClN4O3. The number of halogens is 1. The summed E-state index contributed by atoms with van der Waals surface area (Å²) in [6.07, 6.45) is 1.27. The van der Waals surface area contributed by atoms with Crippen molar-refractivity contribution in [1.29, 1.82) is 5.26 Å². The molecule has 1 aromatic heterocycles. The minimum Gasteiger partial charge on any atom is -0.493 e. The first kappa shape index (κ1) is 15.7. The number of nitrogens with zero attached hydrogens (tertiary/aromatic N) is 3. The van der Waals surface area contributed by atoms with E-state index in [9.17, 15) is 0 Å². The molecule has 0 aliphatic rings. The highest BCUT2D eigenvalue weighted by atomic mass is 35.5. The lowest BCUT2D eigenvalue weighted by Gasteiger charge is -2.15. The van der Waals surface area contributed by atoms with Gasteiger partial charge in [0.1, 0.15) is 18.0 Å². The monoisotopic (exact) mass is 320 g/mol. The van der Waals surface area contributed by atoms with Crippen LogP contribution in [-0.2, 0) is 0 Å². The fraction of sp³-hybridized carbons (Fsp3) is 0.214. The van der Waals surface area contributed by atoms with Gasteiger partial charge in [0.2, 0.25) is 5.75 Å². The third-order valence-corrected chi connectivity index (χ3v) is 3.13. The fourth-order valence-corrected chi connectivity index (χ4v) is 2.02. The number of rotatable bonds is 5. The summed E-state index contributed by atoms with van der Waals surface area (Å²) in [5.41, 5.74) is 0.749. The van der Waals surface area contributed by atoms with Crippen molar-refractivity contribution in [3.05, 3.63) is 29.2 Å². The van der Waals surface area contributed by atoms with Gasteiger partial charge in [0, 0.05) is 17.8 Å². The highest BCUT2D eigenvalue weighted by molar-refractivity contribution is 6.30. The molecule has 0 unspecified atom stereocenters. The van der Waals surface area contributed by atoms with E-state index < -0.39 is 0 Å². The molecular weight excluding hydrogens is 308 g/mol. The van der Waals surface area contributed by atoms with Crippen LogP contribution >= 0.6 is 11.6 Å². The lowest BCUT2D eigenvalue weighted by Crippen LogP contribution is -2.01. The predicted octanol–water partition coefficient (Wildman–Crippen LogP) is 2.77. The summed E-state index contributed by atoms with van der Waals surface area (Å²) in [7, 11) is 4.55. The van der Waals surface area contributed by atoms with Crippen LogP contribution in [-0.4, -0.2) is 31.3 Å². The second-order valence-electron chi connectivity index (χ2n) is 4.04. The Morgan fingerprint density at radius 1 is 1.09 bits per heavy atom. The average Bonchev–Trinajstić information content (AvgIpc) is 2.54. The fourth-order valence-electron chi connectivity index (χ4n) is 1.85. The van der Waals surface area contributed by atoms with E-state index in [0.29, 0.717) is 22.9 Å². The van der Waals surface area contributed by atoms with Gasteiger partial charge < -0.3 is 19.5 Å². The molecule has 0 aliphatic heterocycles. The number of benzene rings is 1. The minimum atomic E-state index is 0.0763. The minimum absolute atomic E-state index is 0.0763. The number of methoxy groups -OCH3 is 3. The topological polar surface area (TPSA) is 89.3 Å². The Morgan fingerprint density at radius 3 is 2.23 bits per heavy atom. The van der Waals surface area contributed by atoms with Crippen molar-refractivity contribution in [1.82, 2.24) is 9.97 Å². The molecule has 0 aliphatic carbocycles. The van der Waals surface area contributed by atoms with E-state index in [-0.39, 0.29) is 16.5 Å². The van der Waals surface area contributed by atoms with Gasteiger partial charge in [0.05, 0.1) is 21.3 Å². The van der Waals surface area contributed by atoms with E-state index in [1.54, 1.807) is 12.1 Å². The van der Waals surface area contributed by atoms with Gasteiger partial charge >= 0.3 is 0 Å². The quantitative estimate of drug-likeness (QED) is 0.847. The average molecular weight is 321 g/mol. The summed E-state index contributed by atoms with van der Waals surface area (Å²) in [5.74, 6) is 1.71. The first-order chi connectivity index (χ1) is 10.6. The Morgan fingerprint density at radius 2 is 1.73 bits per heavy atom. The second kappa shape index (κ2) is 6.83. The summed E-state index contributed by atoms with van der Waals surface area (Å²) in [6.45, 7) is 0. The maximum atomic E-state index is 9.14. The maximum Gasteiger partial charge on any atom is 0.203 e. The normalized spacial score (nSPS) is 9.77. The summed E-state index contributed by atoms with van der Waals surface area (Å²) in [4.78, 5) is 7.79. The van der Waals surface area contributed by atoms with E-state index in [1.807, 2.05) is 6.07 Å². The predicted molar refractivity (Wildman–Crippen MR) is 81.1 cm³/mol. The Hall–Kier alpha value is -2.72. The van der Waals surface area contributed by atoms with Crippen molar-refractivity contribution in [2.45, 2.75) is 0 Å². The molecule has 22 heavy (non-hydrogen) atoms. The number of ether oxygens (including phenoxy) is 3. The van der Waals surface area contributed by atoms with E-state index in [4.69, 9.17) is 31.1 Å². The third kappa shape index (κ3) is 2.97. The van der Waals surface area contributed by atoms with Crippen LogP contribution in [0.5, 0.6) is 17.2 Å². The molecule has 0 saturated heterocycles. The zero-order valence-corrected chi connectivity index (χ0v) is 12.9. The molecule has 0 atom stereocenters. The van der Waals surface area contributed by atoms with Crippen LogP contribution in [0.1, 0.15) is 5.56 Å². The van der Waals surface area contributed by atoms with Crippen LogP contribution in [0.4, 0.5) is 11.5 Å². The molecule has 114 valence electrons. The third-order valence-electron chi connectivity index (χ3n) is 2.84. The van der Waals surface area contributed by atoms with Crippen LogP contribution in [0.15, 0.2) is 18.5 Å². The number of aromatic nitrogens is 2. The number of hydrogen-bond acceptors (Lipinski definition) is 7. The van der Waals surface area contributed by atoms with Crippen LogP contribution in [0, 0.1) is 11.3 Å². The van der Waals surface area contributed by atoms with Crippen molar-refractivity contribution in [2.75, 3.05) is 26.6 Å². The Kier molecular flexibility index (Phi) is 4.86. The van der Waals surface area contributed by atoms with Gasteiger partial charge in [-0.2, -0.15) is 5.26 Å². The molecule has 0 fully saturated rings. The van der Waals surface area contributed by atoms with Gasteiger partial charge in [0.15, 0.2) is 22.5 Å². The number of hydrogen-bond donors (Lipinski definition) is 1. The first-order valence-corrected chi connectivity index (χ1v) is 6.50. The number of nitriles is 1. The molecule has 0 bridgehead atoms. The highest BCUT2D eigenvalue weighted by Gasteiger charge is 2.15. The molecule has 1 N–H and O–H groups in total. The van der Waals surface area contributed by atoms with Crippen molar-refractivity contribution >= 4 is 23.1 Å². The number of anilines is 2. The SMILES string of the molecule is COc1cc(Nc2ncnc(Cl)c2C#N)cc(OC)c1OC. The molecule has 0 amide bonds. The summed E-state index contributed by atoms with van der Waals surface area (Å²) < 4.78 is 15.8. The Bertz CT molecular complexity index is 706. The van der Waals surface area contributed by atoms with Crippen molar-refractivity contribution in [3.8, 4) is 23.3 Å². The van der Waals surface area contributed by atoms with Crippen LogP contribution in [0.3, 0.4) is 0 Å². The van der Waals surface area contributed by atoms with Crippen molar-refractivity contribution in [2.24, 2.45) is 0 Å². The van der Waals surface area contributed by atoms with E-state index in [0.717, 1.165) is 0 Å². The smallest absolute Gasteiger partial charge is 0.203 e. The Balaban J connectivity index is 2.47. The van der Waals surface area contributed by atoms with Crippen LogP contribution < -0.4 is 19.5 Å². The van der Waals surface area contributed by atoms with Gasteiger partial charge in [-0.05, 0) is 0 Å².